The van der Waals surface area contributed by atoms with Gasteiger partial charge in [-0.15, -0.1) is 0 Å². The maximum atomic E-state index is 12.1. The largest absolute Gasteiger partial charge is 0.340 e. The molecule has 0 aromatic rings. The van der Waals surface area contributed by atoms with Crippen LogP contribution in [-0.2, 0) is 9.59 Å². The Morgan fingerprint density at radius 3 is 2.27 bits per heavy atom. The van der Waals surface area contributed by atoms with Crippen molar-refractivity contribution in [1.82, 2.24) is 9.80 Å². The number of carbonyl (C=O) groups is 2. The minimum absolute atomic E-state index is 0.233. The third-order valence-corrected chi connectivity index (χ3v) is 3.91. The quantitative estimate of drug-likeness (QED) is 0.535. The Balaban J connectivity index is 2.17. The first-order valence-electron chi connectivity index (χ1n) is 8.53. The maximum absolute atomic E-state index is 12.1. The molecule has 0 aromatic heterocycles. The normalized spacial score (nSPS) is 15.5. The monoisotopic (exact) mass is 306 g/mol. The van der Waals surface area contributed by atoms with Gasteiger partial charge in [0, 0.05) is 51.4 Å². The van der Waals surface area contributed by atoms with Crippen molar-refractivity contribution in [2.45, 2.75) is 52.9 Å². The molecule has 0 saturated carbocycles. The highest BCUT2D eigenvalue weighted by Crippen LogP contribution is 2.08. The zero-order valence-corrected chi connectivity index (χ0v) is 14.4. The molecule has 4 nitrogen and oxygen atoms in total. The first-order valence-corrected chi connectivity index (χ1v) is 8.53. The highest BCUT2D eigenvalue weighted by molar-refractivity contribution is 5.78. The smallest absolute Gasteiger partial charge is 0.222 e. The number of Topliss-reactive ketones (excluding diaryl/α,β-unsaturated/α-hetero) is 1. The Bertz CT molecular complexity index is 413. The van der Waals surface area contributed by atoms with Crippen molar-refractivity contribution in [1.29, 1.82) is 0 Å². The molecule has 0 radical (unpaired) electrons. The molecule has 4 heteroatoms. The van der Waals surface area contributed by atoms with E-state index in [1.807, 2.05) is 11.8 Å². The van der Waals surface area contributed by atoms with Crippen LogP contribution in [0.4, 0.5) is 0 Å². The molecule has 22 heavy (non-hydrogen) atoms. The lowest BCUT2D eigenvalue weighted by Crippen LogP contribution is -2.48. The van der Waals surface area contributed by atoms with Gasteiger partial charge in [-0.2, -0.15) is 0 Å². The molecule has 0 aromatic carbocycles. The van der Waals surface area contributed by atoms with Crippen LogP contribution in [0.5, 0.6) is 0 Å². The fourth-order valence-corrected chi connectivity index (χ4v) is 2.45. The molecule has 0 N–H and O–H groups in total. The molecule has 0 spiro atoms. The molecule has 1 amide bonds. The number of nitrogens with zero attached hydrogens (tertiary/aromatic N) is 2. The lowest BCUT2D eigenvalue weighted by molar-refractivity contribution is -0.133. The van der Waals surface area contributed by atoms with Crippen LogP contribution in [0.2, 0.25) is 0 Å². The van der Waals surface area contributed by atoms with Gasteiger partial charge in [0.25, 0.3) is 0 Å². The van der Waals surface area contributed by atoms with Gasteiger partial charge in [0.05, 0.1) is 6.54 Å². The van der Waals surface area contributed by atoms with E-state index in [0.717, 1.165) is 45.6 Å². The van der Waals surface area contributed by atoms with Crippen molar-refractivity contribution >= 4 is 11.7 Å². The van der Waals surface area contributed by atoms with E-state index in [2.05, 4.69) is 30.6 Å². The third kappa shape index (κ3) is 7.61. The van der Waals surface area contributed by atoms with Crippen LogP contribution < -0.4 is 0 Å². The minimum Gasteiger partial charge on any atom is -0.340 e. The standard InChI is InChI=1S/C18H30N2O2/c1-4-17(21)9-5-6-10-18(22)20-14-12-19(13-15-20)11-7-8-16(2)3/h16H,4-6,9-15H2,1-3H3. The zero-order valence-electron chi connectivity index (χ0n) is 14.4. The van der Waals surface area contributed by atoms with Gasteiger partial charge in [-0.05, 0) is 12.8 Å². The van der Waals surface area contributed by atoms with E-state index in [0.29, 0.717) is 31.0 Å². The van der Waals surface area contributed by atoms with E-state index in [1.54, 1.807) is 0 Å². The van der Waals surface area contributed by atoms with Crippen molar-refractivity contribution in [3.63, 3.8) is 0 Å². The molecular formula is C18H30N2O2. The second-order valence-electron chi connectivity index (χ2n) is 6.23. The second kappa shape index (κ2) is 10.4. The van der Waals surface area contributed by atoms with Gasteiger partial charge in [0.2, 0.25) is 5.91 Å². The highest BCUT2D eigenvalue weighted by Gasteiger charge is 2.19. The third-order valence-electron chi connectivity index (χ3n) is 3.91. The number of rotatable bonds is 7. The Kier molecular flexibility index (Phi) is 8.84. The summed E-state index contributed by atoms with van der Waals surface area (Å²) in [5, 5.41) is 0. The van der Waals surface area contributed by atoms with Crippen LogP contribution in [0.1, 0.15) is 52.9 Å². The molecule has 1 aliphatic heterocycles. The van der Waals surface area contributed by atoms with Gasteiger partial charge < -0.3 is 4.90 Å². The number of piperazine rings is 1. The lowest BCUT2D eigenvalue weighted by atomic mass is 10.1. The molecule has 0 aliphatic carbocycles. The first-order chi connectivity index (χ1) is 10.5. The number of unbranched alkanes of at least 4 members (excludes halogenated alkanes) is 1. The van der Waals surface area contributed by atoms with Gasteiger partial charge in [0.1, 0.15) is 5.78 Å². The van der Waals surface area contributed by atoms with E-state index < -0.39 is 0 Å². The lowest BCUT2D eigenvalue weighted by Gasteiger charge is -2.33. The average molecular weight is 306 g/mol. The predicted octanol–water partition coefficient (Wildman–Crippen LogP) is 2.33. The van der Waals surface area contributed by atoms with Crippen molar-refractivity contribution in [3.8, 4) is 11.8 Å². The van der Waals surface area contributed by atoms with E-state index in [-0.39, 0.29) is 5.91 Å². The second-order valence-corrected chi connectivity index (χ2v) is 6.23. The van der Waals surface area contributed by atoms with Crippen molar-refractivity contribution in [3.05, 3.63) is 0 Å². The summed E-state index contributed by atoms with van der Waals surface area (Å²) in [6.07, 6.45) is 3.46. The number of amides is 1. The van der Waals surface area contributed by atoms with E-state index in [4.69, 9.17) is 0 Å². The Hall–Kier alpha value is -1.34. The molecule has 124 valence electrons. The predicted molar refractivity (Wildman–Crippen MR) is 89.4 cm³/mol. The molecule has 1 fully saturated rings. The summed E-state index contributed by atoms with van der Waals surface area (Å²) in [6.45, 7) is 10.3. The van der Waals surface area contributed by atoms with E-state index in [1.165, 1.54) is 0 Å². The van der Waals surface area contributed by atoms with Crippen LogP contribution in [0.15, 0.2) is 0 Å². The molecule has 0 atom stereocenters. The minimum atomic E-state index is 0.233. The van der Waals surface area contributed by atoms with Gasteiger partial charge >= 0.3 is 0 Å². The van der Waals surface area contributed by atoms with Crippen molar-refractivity contribution in [2.24, 2.45) is 5.92 Å². The van der Waals surface area contributed by atoms with Crippen LogP contribution in [0.3, 0.4) is 0 Å². The van der Waals surface area contributed by atoms with Gasteiger partial charge in [-0.25, -0.2) is 0 Å². The molecule has 1 saturated heterocycles. The number of carbonyl (C=O) groups excluding carboxylic acids is 2. The first kappa shape index (κ1) is 18.7. The Labute approximate surface area is 135 Å². The summed E-state index contributed by atoms with van der Waals surface area (Å²) in [7, 11) is 0. The van der Waals surface area contributed by atoms with Crippen LogP contribution >= 0.6 is 0 Å². The van der Waals surface area contributed by atoms with E-state index in [9.17, 15) is 9.59 Å². The molecule has 1 aliphatic rings. The van der Waals surface area contributed by atoms with Crippen LogP contribution in [-0.4, -0.2) is 54.2 Å². The summed E-state index contributed by atoms with van der Waals surface area (Å²) in [6, 6.07) is 0. The molecular weight excluding hydrogens is 276 g/mol. The highest BCUT2D eigenvalue weighted by atomic mass is 16.2. The van der Waals surface area contributed by atoms with Gasteiger partial charge in [0.15, 0.2) is 0 Å². The summed E-state index contributed by atoms with van der Waals surface area (Å²) in [4.78, 5) is 27.6. The summed E-state index contributed by atoms with van der Waals surface area (Å²) >= 11 is 0. The Morgan fingerprint density at radius 2 is 1.68 bits per heavy atom. The molecule has 0 bridgehead atoms. The number of hydrogen-bond donors (Lipinski definition) is 0. The van der Waals surface area contributed by atoms with Crippen LogP contribution in [0.25, 0.3) is 0 Å². The fourth-order valence-electron chi connectivity index (χ4n) is 2.45. The summed E-state index contributed by atoms with van der Waals surface area (Å²) < 4.78 is 0. The Morgan fingerprint density at radius 1 is 1.05 bits per heavy atom. The van der Waals surface area contributed by atoms with Crippen molar-refractivity contribution < 1.29 is 9.59 Å². The average Bonchev–Trinajstić information content (AvgIpc) is 2.51. The summed E-state index contributed by atoms with van der Waals surface area (Å²) in [5.74, 6) is 7.32. The molecule has 1 heterocycles. The van der Waals surface area contributed by atoms with Gasteiger partial charge in [-0.1, -0.05) is 32.6 Å². The topological polar surface area (TPSA) is 40.6 Å². The number of hydrogen-bond acceptors (Lipinski definition) is 3. The SMILES string of the molecule is CCC(=O)CCCCC(=O)N1CCN(CC#CC(C)C)CC1. The number of ketones is 1. The summed E-state index contributed by atoms with van der Waals surface area (Å²) in [5.41, 5.74) is 0. The zero-order chi connectivity index (χ0) is 16.4. The van der Waals surface area contributed by atoms with E-state index >= 15 is 0 Å². The molecule has 0 unspecified atom stereocenters. The maximum Gasteiger partial charge on any atom is 0.222 e. The van der Waals surface area contributed by atoms with Crippen molar-refractivity contribution in [2.75, 3.05) is 32.7 Å². The van der Waals surface area contributed by atoms with Crippen LogP contribution in [0, 0.1) is 17.8 Å². The molecule has 1 rings (SSSR count). The van der Waals surface area contributed by atoms with Gasteiger partial charge in [-0.3, -0.25) is 14.5 Å². The fraction of sp³-hybridized carbons (Fsp3) is 0.778.